The highest BCUT2D eigenvalue weighted by Crippen LogP contribution is 2.31. The van der Waals surface area contributed by atoms with E-state index in [4.69, 9.17) is 10.00 Å². The van der Waals surface area contributed by atoms with Gasteiger partial charge >= 0.3 is 5.97 Å². The van der Waals surface area contributed by atoms with Crippen LogP contribution in [-0.4, -0.2) is 23.3 Å². The quantitative estimate of drug-likeness (QED) is 0.475. The number of ether oxygens (including phenoxy) is 1. The number of benzene rings is 1. The van der Waals surface area contributed by atoms with Crippen molar-refractivity contribution < 1.29 is 9.53 Å². The first kappa shape index (κ1) is 17.3. The summed E-state index contributed by atoms with van der Waals surface area (Å²) in [7, 11) is 0. The average molecular weight is 323 g/mol. The molecule has 1 aromatic carbocycles. The summed E-state index contributed by atoms with van der Waals surface area (Å²) in [5.74, 6) is 0.266. The predicted molar refractivity (Wildman–Crippen MR) is 85.9 cm³/mol. The first-order chi connectivity index (χ1) is 9.77. The monoisotopic (exact) mass is 322 g/mol. The van der Waals surface area contributed by atoms with Crippen molar-refractivity contribution in [3.05, 3.63) is 36.0 Å². The molecule has 0 unspecified atom stereocenters. The van der Waals surface area contributed by atoms with Crippen molar-refractivity contribution in [1.82, 2.24) is 4.98 Å². The molecule has 0 radical (unpaired) electrons. The smallest absolute Gasteiger partial charge is 0.340 e. The van der Waals surface area contributed by atoms with Gasteiger partial charge in [-0.1, -0.05) is 18.2 Å². The molecule has 1 heterocycles. The number of para-hydroxylation sites is 1. The van der Waals surface area contributed by atoms with E-state index in [0.29, 0.717) is 24.3 Å². The highest BCUT2D eigenvalue weighted by atomic mass is 35.5. The molecule has 0 N–H and O–H groups in total. The number of nitrogens with zero attached hydrogens (tertiary/aromatic N) is 2. The number of esters is 1. The minimum Gasteiger partial charge on any atom is -0.462 e. The van der Waals surface area contributed by atoms with Gasteiger partial charge in [0, 0.05) is 28.7 Å². The second kappa shape index (κ2) is 8.50. The van der Waals surface area contributed by atoms with Gasteiger partial charge in [-0.3, -0.25) is 4.98 Å². The minimum absolute atomic E-state index is 0. The fraction of sp³-hybridized carbons (Fsp3) is 0.267. The summed E-state index contributed by atoms with van der Waals surface area (Å²) >= 11 is 1.49. The van der Waals surface area contributed by atoms with E-state index in [1.54, 1.807) is 13.1 Å². The van der Waals surface area contributed by atoms with Crippen molar-refractivity contribution >= 4 is 41.0 Å². The van der Waals surface area contributed by atoms with Crippen molar-refractivity contribution in [3.63, 3.8) is 0 Å². The number of pyridine rings is 1. The molecule has 6 heteroatoms. The lowest BCUT2D eigenvalue weighted by molar-refractivity contribution is 0.0522. The molecule has 0 aliphatic carbocycles. The van der Waals surface area contributed by atoms with E-state index in [1.807, 2.05) is 24.3 Å². The first-order valence-electron chi connectivity index (χ1n) is 6.32. The van der Waals surface area contributed by atoms with Crippen LogP contribution in [0.25, 0.3) is 10.9 Å². The van der Waals surface area contributed by atoms with Gasteiger partial charge in [-0.25, -0.2) is 4.79 Å². The van der Waals surface area contributed by atoms with Crippen LogP contribution in [0.15, 0.2) is 35.4 Å². The SMILES string of the molecule is CCOC(=O)c1cnc2ccccc2c1SCCC#N.Cl. The van der Waals surface area contributed by atoms with E-state index >= 15 is 0 Å². The first-order valence-corrected chi connectivity index (χ1v) is 7.31. The Kier molecular flexibility index (Phi) is 7.00. The lowest BCUT2D eigenvalue weighted by Gasteiger charge is -2.10. The molecular weight excluding hydrogens is 308 g/mol. The number of hydrogen-bond acceptors (Lipinski definition) is 5. The van der Waals surface area contributed by atoms with Crippen LogP contribution >= 0.6 is 24.2 Å². The molecule has 0 spiro atoms. The highest BCUT2D eigenvalue weighted by Gasteiger charge is 2.16. The van der Waals surface area contributed by atoms with E-state index in [1.165, 1.54) is 11.8 Å². The van der Waals surface area contributed by atoms with E-state index in [2.05, 4.69) is 11.1 Å². The Labute approximate surface area is 133 Å². The van der Waals surface area contributed by atoms with Crippen LogP contribution in [0.3, 0.4) is 0 Å². The Morgan fingerprint density at radius 3 is 2.90 bits per heavy atom. The number of nitriles is 1. The van der Waals surface area contributed by atoms with Crippen LogP contribution in [0.1, 0.15) is 23.7 Å². The molecule has 0 fully saturated rings. The zero-order chi connectivity index (χ0) is 14.4. The zero-order valence-electron chi connectivity index (χ0n) is 11.5. The van der Waals surface area contributed by atoms with Crippen LogP contribution in [0.4, 0.5) is 0 Å². The second-order valence-corrected chi connectivity index (χ2v) is 5.10. The topological polar surface area (TPSA) is 63.0 Å². The van der Waals surface area contributed by atoms with Crippen molar-refractivity contribution in [2.75, 3.05) is 12.4 Å². The number of fused-ring (bicyclic) bond motifs is 1. The molecular formula is C15H15ClN2O2S. The Bertz CT molecular complexity index is 670. The second-order valence-electron chi connectivity index (χ2n) is 4.00. The molecule has 1 aromatic heterocycles. The number of hydrogen-bond donors (Lipinski definition) is 0. The lowest BCUT2D eigenvalue weighted by atomic mass is 10.1. The van der Waals surface area contributed by atoms with Crippen LogP contribution in [0.2, 0.25) is 0 Å². The standard InChI is InChI=1S/C15H14N2O2S.ClH/c1-2-19-15(18)12-10-17-13-7-4-3-6-11(13)14(12)20-9-5-8-16;/h3-4,6-7,10H,2,5,9H2,1H3;1H. The maximum absolute atomic E-state index is 12.0. The maximum Gasteiger partial charge on any atom is 0.340 e. The summed E-state index contributed by atoms with van der Waals surface area (Å²) in [5.41, 5.74) is 1.30. The molecule has 0 aliphatic heterocycles. The van der Waals surface area contributed by atoms with E-state index < -0.39 is 0 Å². The van der Waals surface area contributed by atoms with E-state index in [-0.39, 0.29) is 18.4 Å². The molecule has 2 aromatic rings. The molecule has 0 amide bonds. The summed E-state index contributed by atoms with van der Waals surface area (Å²) in [6, 6.07) is 9.75. The number of halogens is 1. The third kappa shape index (κ3) is 4.10. The van der Waals surface area contributed by atoms with Crippen molar-refractivity contribution in [1.29, 1.82) is 5.26 Å². The minimum atomic E-state index is -0.370. The van der Waals surface area contributed by atoms with Gasteiger partial charge in [0.2, 0.25) is 0 Å². The summed E-state index contributed by atoms with van der Waals surface area (Å²) in [6.45, 7) is 2.10. The van der Waals surface area contributed by atoms with Crippen molar-refractivity contribution in [2.24, 2.45) is 0 Å². The van der Waals surface area contributed by atoms with E-state index in [9.17, 15) is 4.79 Å². The number of carbonyl (C=O) groups excluding carboxylic acids is 1. The fourth-order valence-electron chi connectivity index (χ4n) is 1.82. The van der Waals surface area contributed by atoms with Gasteiger partial charge in [-0.15, -0.1) is 24.2 Å². The Hall–Kier alpha value is -1.77. The zero-order valence-corrected chi connectivity index (χ0v) is 13.2. The van der Waals surface area contributed by atoms with Gasteiger partial charge in [-0.05, 0) is 13.0 Å². The van der Waals surface area contributed by atoms with E-state index in [0.717, 1.165) is 15.8 Å². The number of carbonyl (C=O) groups is 1. The normalized spacial score (nSPS) is 9.71. The summed E-state index contributed by atoms with van der Waals surface area (Å²) in [4.78, 5) is 17.1. The van der Waals surface area contributed by atoms with Crippen molar-refractivity contribution in [3.8, 4) is 6.07 Å². The predicted octanol–water partition coefficient (Wildman–Crippen LogP) is 3.84. The summed E-state index contributed by atoms with van der Waals surface area (Å²) in [6.07, 6.45) is 1.98. The number of aromatic nitrogens is 1. The van der Waals surface area contributed by atoms with Crippen LogP contribution in [0.5, 0.6) is 0 Å². The Balaban J connectivity index is 0.00000220. The summed E-state index contributed by atoms with van der Waals surface area (Å²) < 4.78 is 5.07. The van der Waals surface area contributed by atoms with Gasteiger partial charge in [0.15, 0.2) is 0 Å². The molecule has 0 saturated carbocycles. The Morgan fingerprint density at radius 2 is 2.19 bits per heavy atom. The number of thioether (sulfide) groups is 1. The number of rotatable bonds is 5. The van der Waals surface area contributed by atoms with Gasteiger partial charge in [0.1, 0.15) is 0 Å². The third-order valence-corrected chi connectivity index (χ3v) is 3.82. The van der Waals surface area contributed by atoms with Crippen molar-refractivity contribution in [2.45, 2.75) is 18.2 Å². The molecule has 2 rings (SSSR count). The molecule has 0 aliphatic rings. The summed E-state index contributed by atoms with van der Waals surface area (Å²) in [5, 5.41) is 9.57. The lowest BCUT2D eigenvalue weighted by Crippen LogP contribution is -2.07. The third-order valence-electron chi connectivity index (χ3n) is 2.68. The maximum atomic E-state index is 12.0. The molecule has 110 valence electrons. The molecule has 0 saturated heterocycles. The van der Waals surface area contributed by atoms with Crippen LogP contribution < -0.4 is 0 Å². The van der Waals surface area contributed by atoms with Gasteiger partial charge < -0.3 is 4.74 Å². The Morgan fingerprint density at radius 1 is 1.43 bits per heavy atom. The molecule has 4 nitrogen and oxygen atoms in total. The van der Waals surface area contributed by atoms with Gasteiger partial charge in [0.25, 0.3) is 0 Å². The average Bonchev–Trinajstić information content (AvgIpc) is 2.47. The largest absolute Gasteiger partial charge is 0.462 e. The molecule has 0 atom stereocenters. The van der Waals surface area contributed by atoms with Gasteiger partial charge in [-0.2, -0.15) is 5.26 Å². The van der Waals surface area contributed by atoms with Crippen LogP contribution in [-0.2, 0) is 4.74 Å². The highest BCUT2D eigenvalue weighted by molar-refractivity contribution is 7.99. The molecule has 0 bridgehead atoms. The molecule has 21 heavy (non-hydrogen) atoms. The van der Waals surface area contributed by atoms with Crippen LogP contribution in [0, 0.1) is 11.3 Å². The fourth-order valence-corrected chi connectivity index (χ4v) is 2.84. The van der Waals surface area contributed by atoms with Gasteiger partial charge in [0.05, 0.1) is 23.8 Å².